The summed E-state index contributed by atoms with van der Waals surface area (Å²) in [6.45, 7) is 2.65. The Hall–Kier alpha value is -3.68. The molecule has 4 rings (SSSR count). The first-order chi connectivity index (χ1) is 19.8. The van der Waals surface area contributed by atoms with Gasteiger partial charge in [0.05, 0.1) is 11.1 Å². The Morgan fingerprint density at radius 1 is 0.854 bits per heavy atom. The number of imide groups is 1. The lowest BCUT2D eigenvalue weighted by molar-refractivity contribution is -0.141. The lowest BCUT2D eigenvalue weighted by atomic mass is 10.0. The fraction of sp³-hybridized carbons (Fsp3) is 0.312. The van der Waals surface area contributed by atoms with Crippen LogP contribution in [0.2, 0.25) is 10.0 Å². The van der Waals surface area contributed by atoms with Crippen molar-refractivity contribution in [3.05, 3.63) is 105 Å². The molecule has 1 aliphatic heterocycles. The maximum Gasteiger partial charge on any atom is 0.261 e. The first-order valence-electron chi connectivity index (χ1n) is 13.8. The van der Waals surface area contributed by atoms with Crippen molar-refractivity contribution in [2.24, 2.45) is 0 Å². The number of nitrogens with zero attached hydrogens (tertiary/aromatic N) is 2. The first kappa shape index (κ1) is 30.3. The summed E-state index contributed by atoms with van der Waals surface area (Å²) in [4.78, 5) is 55.7. The van der Waals surface area contributed by atoms with Crippen LogP contribution in [-0.4, -0.2) is 52.6 Å². The monoisotopic (exact) mass is 593 g/mol. The van der Waals surface area contributed by atoms with Gasteiger partial charge in [0, 0.05) is 48.1 Å². The zero-order valence-electron chi connectivity index (χ0n) is 22.9. The van der Waals surface area contributed by atoms with Gasteiger partial charge in [0.2, 0.25) is 11.8 Å². The number of fused-ring (bicyclic) bond motifs is 1. The van der Waals surface area contributed by atoms with E-state index in [1.807, 2.05) is 37.3 Å². The number of halogens is 2. The Labute approximate surface area is 250 Å². The SMILES string of the molecule is CCCCNC(=O)C(Cc1ccccc1)N(Cc1c(Cl)cccc1Cl)C(=O)CCCN1C(=O)c2ccccc2C1=O. The molecule has 1 N–H and O–H groups in total. The van der Waals surface area contributed by atoms with E-state index in [2.05, 4.69) is 5.32 Å². The van der Waals surface area contributed by atoms with Crippen molar-refractivity contribution in [2.45, 2.75) is 51.6 Å². The molecule has 0 saturated carbocycles. The van der Waals surface area contributed by atoms with Crippen molar-refractivity contribution in [3.8, 4) is 0 Å². The minimum absolute atomic E-state index is 0.0169. The molecule has 1 unspecified atom stereocenters. The summed E-state index contributed by atoms with van der Waals surface area (Å²) >= 11 is 13.0. The molecule has 0 aliphatic carbocycles. The Kier molecular flexibility index (Phi) is 10.6. The number of hydrogen-bond acceptors (Lipinski definition) is 4. The van der Waals surface area contributed by atoms with Crippen molar-refractivity contribution in [1.82, 2.24) is 15.1 Å². The standard InChI is InChI=1S/C32H33Cl2N3O4/c1-2-3-18-35-30(39)28(20-22-11-5-4-6-12-22)37(21-25-26(33)15-9-16-27(25)34)29(38)17-10-19-36-31(40)23-13-7-8-14-24(23)32(36)41/h4-9,11-16,28H,2-3,10,17-21H2,1H3,(H,35,39). The Morgan fingerprint density at radius 3 is 2.07 bits per heavy atom. The molecule has 0 spiro atoms. The highest BCUT2D eigenvalue weighted by Crippen LogP contribution is 2.28. The summed E-state index contributed by atoms with van der Waals surface area (Å²) in [6.07, 6.45) is 2.29. The van der Waals surface area contributed by atoms with Crippen LogP contribution in [0.5, 0.6) is 0 Å². The van der Waals surface area contributed by atoms with E-state index in [4.69, 9.17) is 23.2 Å². The van der Waals surface area contributed by atoms with Crippen molar-refractivity contribution in [2.75, 3.05) is 13.1 Å². The van der Waals surface area contributed by atoms with E-state index in [0.29, 0.717) is 39.7 Å². The fourth-order valence-electron chi connectivity index (χ4n) is 4.89. The summed E-state index contributed by atoms with van der Waals surface area (Å²) < 4.78 is 0. The zero-order valence-corrected chi connectivity index (χ0v) is 24.5. The quantitative estimate of drug-likeness (QED) is 0.197. The summed E-state index contributed by atoms with van der Waals surface area (Å²) in [6, 6.07) is 20.5. The number of unbranched alkanes of at least 4 members (excludes halogenated alkanes) is 1. The molecule has 1 atom stereocenters. The third-order valence-corrected chi connectivity index (χ3v) is 7.85. The summed E-state index contributed by atoms with van der Waals surface area (Å²) in [5, 5.41) is 3.77. The molecular formula is C32H33Cl2N3O4. The minimum atomic E-state index is -0.826. The van der Waals surface area contributed by atoms with Crippen molar-refractivity contribution in [3.63, 3.8) is 0 Å². The number of rotatable bonds is 13. The van der Waals surface area contributed by atoms with E-state index >= 15 is 0 Å². The Bertz CT molecular complexity index is 1360. The van der Waals surface area contributed by atoms with Crippen molar-refractivity contribution >= 4 is 46.8 Å². The van der Waals surface area contributed by atoms with E-state index in [0.717, 1.165) is 18.4 Å². The van der Waals surface area contributed by atoms with Crippen LogP contribution >= 0.6 is 23.2 Å². The lowest BCUT2D eigenvalue weighted by Crippen LogP contribution is -2.50. The van der Waals surface area contributed by atoms with Crippen LogP contribution in [0.1, 0.15) is 64.4 Å². The molecular weight excluding hydrogens is 561 g/mol. The third kappa shape index (κ3) is 7.34. The molecule has 9 heteroatoms. The van der Waals surface area contributed by atoms with Crippen molar-refractivity contribution < 1.29 is 19.2 Å². The summed E-state index contributed by atoms with van der Waals surface area (Å²) in [7, 11) is 0. The number of hydrogen-bond donors (Lipinski definition) is 1. The van der Waals surface area contributed by atoms with E-state index in [-0.39, 0.29) is 49.6 Å². The summed E-state index contributed by atoms with van der Waals surface area (Å²) in [5.74, 6) is -1.30. The molecule has 0 saturated heterocycles. The molecule has 0 radical (unpaired) electrons. The second-order valence-electron chi connectivity index (χ2n) is 9.98. The van der Waals surface area contributed by atoms with Gasteiger partial charge < -0.3 is 10.2 Å². The Morgan fingerprint density at radius 2 is 1.46 bits per heavy atom. The normalized spacial score (nSPS) is 13.2. The van der Waals surface area contributed by atoms with E-state index in [9.17, 15) is 19.2 Å². The van der Waals surface area contributed by atoms with Crippen LogP contribution in [0.4, 0.5) is 0 Å². The predicted octanol–water partition coefficient (Wildman–Crippen LogP) is 5.93. The molecule has 1 aliphatic rings. The van der Waals surface area contributed by atoms with Crippen LogP contribution in [0, 0.1) is 0 Å². The predicted molar refractivity (Wildman–Crippen MR) is 160 cm³/mol. The number of amides is 4. The van der Waals surface area contributed by atoms with Crippen LogP contribution in [0.25, 0.3) is 0 Å². The number of carbonyl (C=O) groups excluding carboxylic acids is 4. The molecule has 1 heterocycles. The van der Waals surface area contributed by atoms with Gasteiger partial charge in [-0.2, -0.15) is 0 Å². The largest absolute Gasteiger partial charge is 0.354 e. The van der Waals surface area contributed by atoms with Gasteiger partial charge in [-0.05, 0) is 42.7 Å². The minimum Gasteiger partial charge on any atom is -0.354 e. The number of benzene rings is 3. The molecule has 0 aromatic heterocycles. The fourth-order valence-corrected chi connectivity index (χ4v) is 5.41. The van der Waals surface area contributed by atoms with E-state index in [1.54, 1.807) is 42.5 Å². The molecule has 7 nitrogen and oxygen atoms in total. The number of nitrogens with one attached hydrogen (secondary N) is 1. The molecule has 41 heavy (non-hydrogen) atoms. The average Bonchev–Trinajstić information content (AvgIpc) is 3.21. The maximum atomic E-state index is 13.9. The second kappa shape index (κ2) is 14.3. The van der Waals surface area contributed by atoms with Gasteiger partial charge in [0.25, 0.3) is 11.8 Å². The molecule has 3 aromatic carbocycles. The topological polar surface area (TPSA) is 86.8 Å². The van der Waals surface area contributed by atoms with Gasteiger partial charge in [-0.3, -0.25) is 24.1 Å². The van der Waals surface area contributed by atoms with Gasteiger partial charge in [-0.25, -0.2) is 0 Å². The van der Waals surface area contributed by atoms with Crippen LogP contribution in [0.3, 0.4) is 0 Å². The second-order valence-corrected chi connectivity index (χ2v) is 10.8. The third-order valence-electron chi connectivity index (χ3n) is 7.14. The van der Waals surface area contributed by atoms with Gasteiger partial charge in [0.15, 0.2) is 0 Å². The molecule has 4 amide bonds. The molecule has 3 aromatic rings. The van der Waals surface area contributed by atoms with Crippen LogP contribution < -0.4 is 5.32 Å². The van der Waals surface area contributed by atoms with E-state index < -0.39 is 6.04 Å². The lowest BCUT2D eigenvalue weighted by Gasteiger charge is -2.32. The first-order valence-corrected chi connectivity index (χ1v) is 14.6. The Balaban J connectivity index is 1.57. The molecule has 0 fully saturated rings. The highest BCUT2D eigenvalue weighted by molar-refractivity contribution is 6.36. The average molecular weight is 595 g/mol. The molecule has 214 valence electrons. The van der Waals surface area contributed by atoms with Gasteiger partial charge in [-0.15, -0.1) is 0 Å². The highest BCUT2D eigenvalue weighted by atomic mass is 35.5. The number of carbonyl (C=O) groups is 4. The zero-order chi connectivity index (χ0) is 29.4. The van der Waals surface area contributed by atoms with Crippen LogP contribution in [0.15, 0.2) is 72.8 Å². The maximum absolute atomic E-state index is 13.9. The highest BCUT2D eigenvalue weighted by Gasteiger charge is 2.35. The molecule has 0 bridgehead atoms. The smallest absolute Gasteiger partial charge is 0.261 e. The van der Waals surface area contributed by atoms with Crippen molar-refractivity contribution in [1.29, 1.82) is 0 Å². The van der Waals surface area contributed by atoms with E-state index in [1.165, 1.54) is 9.80 Å². The van der Waals surface area contributed by atoms with Gasteiger partial charge in [-0.1, -0.05) is 85.1 Å². The van der Waals surface area contributed by atoms with Gasteiger partial charge >= 0.3 is 0 Å². The van der Waals surface area contributed by atoms with Gasteiger partial charge in [0.1, 0.15) is 6.04 Å². The summed E-state index contributed by atoms with van der Waals surface area (Å²) in [5.41, 5.74) is 2.18. The van der Waals surface area contributed by atoms with Crippen LogP contribution in [-0.2, 0) is 22.6 Å².